The molecular weight excluding hydrogens is 391 g/mol. The molecule has 3 aromatic rings. The van der Waals surface area contributed by atoms with Crippen LogP contribution in [-0.2, 0) is 6.54 Å². The molecule has 0 N–H and O–H groups in total. The van der Waals surface area contributed by atoms with Gasteiger partial charge in [0, 0.05) is 6.07 Å². The molecule has 29 heavy (non-hydrogen) atoms. The van der Waals surface area contributed by atoms with Crippen LogP contribution in [0.2, 0.25) is 0 Å². The number of para-hydroxylation sites is 1. The summed E-state index contributed by atoms with van der Waals surface area (Å²) in [5.74, 6) is 0.832. The third-order valence-corrected chi connectivity index (χ3v) is 5.70. The van der Waals surface area contributed by atoms with Crippen LogP contribution in [0.1, 0.15) is 5.56 Å². The van der Waals surface area contributed by atoms with Crippen molar-refractivity contribution in [2.45, 2.75) is 11.4 Å². The maximum atomic E-state index is 13.4. The highest BCUT2D eigenvalue weighted by atomic mass is 32.2. The number of urea groups is 1. The number of rotatable bonds is 5. The number of methoxy groups -OCH3 is 2. The van der Waals surface area contributed by atoms with Crippen molar-refractivity contribution in [3.05, 3.63) is 78.1 Å². The molecule has 0 saturated heterocycles. The highest BCUT2D eigenvalue weighted by Crippen LogP contribution is 2.43. The summed E-state index contributed by atoms with van der Waals surface area (Å²) >= 11 is 1.35. The zero-order valence-corrected chi connectivity index (χ0v) is 16.8. The molecule has 0 unspecified atom stereocenters. The van der Waals surface area contributed by atoms with E-state index in [4.69, 9.17) is 9.47 Å². The predicted molar refractivity (Wildman–Crippen MR) is 112 cm³/mol. The largest absolute Gasteiger partial charge is 0.493 e. The zero-order valence-electron chi connectivity index (χ0n) is 16.0. The summed E-state index contributed by atoms with van der Waals surface area (Å²) < 4.78 is 25.6. The molecule has 1 aliphatic rings. The molecule has 5 nitrogen and oxygen atoms in total. The van der Waals surface area contributed by atoms with E-state index in [-0.39, 0.29) is 11.8 Å². The molecule has 0 radical (unpaired) electrons. The maximum Gasteiger partial charge on any atom is 0.339 e. The second kappa shape index (κ2) is 8.05. The molecule has 3 aromatic carbocycles. The SMILES string of the molecule is COc1ccc(N2Sc3ccccc3N(Cc3ccc(F)cc3)C2=O)cc1OC. The van der Waals surface area contributed by atoms with E-state index in [0.29, 0.717) is 23.7 Å². The number of carbonyl (C=O) groups excluding carboxylic acids is 1. The van der Waals surface area contributed by atoms with Gasteiger partial charge in [-0.25, -0.2) is 13.5 Å². The summed E-state index contributed by atoms with van der Waals surface area (Å²) in [7, 11) is 3.13. The van der Waals surface area contributed by atoms with Crippen LogP contribution in [0.15, 0.2) is 71.6 Å². The molecule has 0 spiro atoms. The Kier molecular flexibility index (Phi) is 5.31. The van der Waals surface area contributed by atoms with Crippen molar-refractivity contribution in [1.29, 1.82) is 0 Å². The first-order valence-corrected chi connectivity index (χ1v) is 9.73. The van der Waals surface area contributed by atoms with Crippen molar-refractivity contribution in [2.24, 2.45) is 0 Å². The van der Waals surface area contributed by atoms with Crippen LogP contribution in [0.3, 0.4) is 0 Å². The summed E-state index contributed by atoms with van der Waals surface area (Å²) in [6, 6.07) is 19.1. The number of benzene rings is 3. The molecule has 0 bridgehead atoms. The van der Waals surface area contributed by atoms with Crippen LogP contribution in [-0.4, -0.2) is 20.3 Å². The summed E-state index contributed by atoms with van der Waals surface area (Å²) in [5, 5.41) is 0. The first kappa shape index (κ1) is 19.1. The highest BCUT2D eigenvalue weighted by Gasteiger charge is 2.32. The van der Waals surface area contributed by atoms with Gasteiger partial charge in [0.1, 0.15) is 5.82 Å². The van der Waals surface area contributed by atoms with Crippen LogP contribution >= 0.6 is 11.9 Å². The fourth-order valence-corrected chi connectivity index (χ4v) is 4.15. The molecule has 1 heterocycles. The van der Waals surface area contributed by atoms with E-state index in [1.165, 1.54) is 24.1 Å². The van der Waals surface area contributed by atoms with E-state index in [0.717, 1.165) is 16.1 Å². The van der Waals surface area contributed by atoms with E-state index in [9.17, 15) is 9.18 Å². The van der Waals surface area contributed by atoms with E-state index in [1.807, 2.05) is 30.3 Å². The number of ether oxygens (including phenoxy) is 2. The lowest BCUT2D eigenvalue weighted by Gasteiger charge is -2.36. The van der Waals surface area contributed by atoms with Gasteiger partial charge in [-0.05, 0) is 53.9 Å². The molecule has 2 amide bonds. The number of anilines is 2. The number of hydrogen-bond donors (Lipinski definition) is 0. The van der Waals surface area contributed by atoms with Gasteiger partial charge in [-0.1, -0.05) is 24.3 Å². The molecule has 148 valence electrons. The van der Waals surface area contributed by atoms with Crippen molar-refractivity contribution in [2.75, 3.05) is 23.4 Å². The molecule has 0 saturated carbocycles. The topological polar surface area (TPSA) is 42.0 Å². The van der Waals surface area contributed by atoms with Crippen molar-refractivity contribution in [1.82, 2.24) is 0 Å². The zero-order chi connectivity index (χ0) is 20.4. The van der Waals surface area contributed by atoms with E-state index < -0.39 is 0 Å². The quantitative estimate of drug-likeness (QED) is 0.521. The van der Waals surface area contributed by atoms with Gasteiger partial charge in [-0.15, -0.1) is 0 Å². The Morgan fingerprint density at radius 3 is 2.38 bits per heavy atom. The van der Waals surface area contributed by atoms with Gasteiger partial charge in [0.2, 0.25) is 0 Å². The van der Waals surface area contributed by atoms with Crippen molar-refractivity contribution in [3.63, 3.8) is 0 Å². The van der Waals surface area contributed by atoms with Crippen LogP contribution < -0.4 is 18.7 Å². The van der Waals surface area contributed by atoms with Gasteiger partial charge in [-0.3, -0.25) is 4.90 Å². The van der Waals surface area contributed by atoms with Gasteiger partial charge in [-0.2, -0.15) is 0 Å². The molecule has 1 aliphatic heterocycles. The van der Waals surface area contributed by atoms with Crippen molar-refractivity contribution < 1.29 is 18.7 Å². The summed E-state index contributed by atoms with van der Waals surface area (Å²) in [6.07, 6.45) is 0. The lowest BCUT2D eigenvalue weighted by molar-refractivity contribution is 0.254. The van der Waals surface area contributed by atoms with Crippen molar-refractivity contribution >= 4 is 29.4 Å². The standard InChI is InChI=1S/C22H19FN2O3S/c1-27-19-12-11-17(13-20(19)28-2)25-22(26)24(14-15-7-9-16(23)10-8-15)18-5-3-4-6-21(18)29-25/h3-13H,14H2,1-2H3. The average Bonchev–Trinajstić information content (AvgIpc) is 2.76. The molecule has 0 fully saturated rings. The Labute approximate surface area is 172 Å². The lowest BCUT2D eigenvalue weighted by Crippen LogP contribution is -2.42. The Bertz CT molecular complexity index is 1040. The lowest BCUT2D eigenvalue weighted by atomic mass is 10.2. The minimum atomic E-state index is -0.304. The monoisotopic (exact) mass is 410 g/mol. The third kappa shape index (κ3) is 3.73. The molecule has 7 heteroatoms. The average molecular weight is 410 g/mol. The number of carbonyl (C=O) groups is 1. The third-order valence-electron chi connectivity index (χ3n) is 4.61. The molecule has 0 aliphatic carbocycles. The number of nitrogens with zero attached hydrogens (tertiary/aromatic N) is 2. The molecule has 0 atom stereocenters. The van der Waals surface area contributed by atoms with Crippen molar-refractivity contribution in [3.8, 4) is 11.5 Å². The summed E-state index contributed by atoms with van der Waals surface area (Å²) in [6.45, 7) is 0.334. The Morgan fingerprint density at radius 1 is 0.931 bits per heavy atom. The van der Waals surface area contributed by atoms with Crippen LogP contribution in [0.4, 0.5) is 20.6 Å². The highest BCUT2D eigenvalue weighted by molar-refractivity contribution is 8.01. The smallest absolute Gasteiger partial charge is 0.339 e. The second-order valence-electron chi connectivity index (χ2n) is 6.39. The Morgan fingerprint density at radius 2 is 1.66 bits per heavy atom. The normalized spacial score (nSPS) is 13.3. The predicted octanol–water partition coefficient (Wildman–Crippen LogP) is 5.50. The van der Waals surface area contributed by atoms with Crippen LogP contribution in [0, 0.1) is 5.82 Å². The number of amides is 2. The fourth-order valence-electron chi connectivity index (χ4n) is 3.15. The van der Waals surface area contributed by atoms with Crippen LogP contribution in [0.5, 0.6) is 11.5 Å². The Balaban J connectivity index is 1.72. The second-order valence-corrected chi connectivity index (χ2v) is 7.38. The minimum absolute atomic E-state index is 0.190. The van der Waals surface area contributed by atoms with Gasteiger partial charge < -0.3 is 9.47 Å². The van der Waals surface area contributed by atoms with Crippen LogP contribution in [0.25, 0.3) is 0 Å². The number of hydrogen-bond acceptors (Lipinski definition) is 4. The molecule has 4 rings (SSSR count). The van der Waals surface area contributed by atoms with Gasteiger partial charge in [0.25, 0.3) is 0 Å². The summed E-state index contributed by atoms with van der Waals surface area (Å²) in [4.78, 5) is 16.0. The first-order chi connectivity index (χ1) is 14.1. The maximum absolute atomic E-state index is 13.4. The molecule has 0 aromatic heterocycles. The van der Waals surface area contributed by atoms with E-state index in [2.05, 4.69) is 0 Å². The number of fused-ring (bicyclic) bond motifs is 1. The number of halogens is 1. The summed E-state index contributed by atoms with van der Waals surface area (Å²) in [5.41, 5.74) is 2.34. The van der Waals surface area contributed by atoms with Gasteiger partial charge >= 0.3 is 6.03 Å². The van der Waals surface area contributed by atoms with E-state index >= 15 is 0 Å². The van der Waals surface area contributed by atoms with Gasteiger partial charge in [0.15, 0.2) is 11.5 Å². The molecular formula is C22H19FN2O3S. The fraction of sp³-hybridized carbons (Fsp3) is 0.136. The van der Waals surface area contributed by atoms with E-state index in [1.54, 1.807) is 47.7 Å². The first-order valence-electron chi connectivity index (χ1n) is 8.96. The Hall–Kier alpha value is -3.19. The minimum Gasteiger partial charge on any atom is -0.493 e. The van der Waals surface area contributed by atoms with Gasteiger partial charge in [0.05, 0.1) is 37.0 Å².